The number of hydrogen-bond acceptors (Lipinski definition) is 2. The maximum Gasteiger partial charge on any atom is 0.252 e. The van der Waals surface area contributed by atoms with Gasteiger partial charge in [0.05, 0.1) is 17.7 Å². The van der Waals surface area contributed by atoms with Crippen LogP contribution in [0.5, 0.6) is 5.75 Å². The molecule has 0 saturated heterocycles. The lowest BCUT2D eigenvalue weighted by atomic mass is 9.33. The molecule has 5 aromatic carbocycles. The molecule has 0 fully saturated rings. The van der Waals surface area contributed by atoms with Gasteiger partial charge in [0.15, 0.2) is 0 Å². The summed E-state index contributed by atoms with van der Waals surface area (Å²) in [4.78, 5) is 2.68. The molecule has 2 aliphatic carbocycles. The quantitative estimate of drug-likeness (QED) is 0.166. The largest absolute Gasteiger partial charge is 0.461 e. The fraction of sp³-hybridized carbons (Fsp3) is 0.217. The monoisotopic (exact) mass is 646 g/mol. The minimum Gasteiger partial charge on any atom is -0.461 e. The van der Waals surface area contributed by atoms with Crippen molar-refractivity contribution in [2.45, 2.75) is 64.3 Å². The molecular weight excluding hydrogens is 607 g/mol. The summed E-state index contributed by atoms with van der Waals surface area (Å²) in [6.07, 6.45) is 6.78. The fourth-order valence-corrected chi connectivity index (χ4v) is 10.2. The molecule has 0 N–H and O–H groups in total. The number of nitrogens with zero attached hydrogens (tertiary/aromatic N) is 2. The van der Waals surface area contributed by atoms with E-state index in [4.69, 9.17) is 4.74 Å². The first kappa shape index (κ1) is 28.6. The average molecular weight is 647 g/mol. The number of ether oxygens (including phenoxy) is 1. The van der Waals surface area contributed by atoms with Crippen LogP contribution in [0.4, 0.5) is 11.4 Å². The van der Waals surface area contributed by atoms with Crippen LogP contribution in [0.3, 0.4) is 0 Å². The number of rotatable bonds is 1. The second-order valence-corrected chi connectivity index (χ2v) is 16.6. The number of fused-ring (bicyclic) bond motifs is 12. The van der Waals surface area contributed by atoms with Crippen molar-refractivity contribution < 1.29 is 4.74 Å². The molecule has 242 valence electrons. The van der Waals surface area contributed by atoms with Crippen molar-refractivity contribution >= 4 is 45.4 Å². The number of hydrogen-bond donors (Lipinski definition) is 0. The van der Waals surface area contributed by atoms with Crippen LogP contribution in [0.15, 0.2) is 121 Å². The van der Waals surface area contributed by atoms with E-state index < -0.39 is 0 Å². The van der Waals surface area contributed by atoms with E-state index in [0.717, 1.165) is 11.5 Å². The van der Waals surface area contributed by atoms with Crippen molar-refractivity contribution in [1.29, 1.82) is 0 Å². The second kappa shape index (κ2) is 9.31. The number of aryl methyl sites for hydroxylation is 1. The maximum atomic E-state index is 6.54. The molecule has 1 aromatic heterocycles. The first-order chi connectivity index (χ1) is 24.1. The van der Waals surface area contributed by atoms with Crippen LogP contribution < -0.4 is 26.0 Å². The summed E-state index contributed by atoms with van der Waals surface area (Å²) in [7, 11) is 0. The van der Waals surface area contributed by atoms with Gasteiger partial charge in [-0.05, 0) is 81.3 Å². The average Bonchev–Trinajstić information content (AvgIpc) is 3.73. The Labute approximate surface area is 294 Å². The normalized spacial score (nSPS) is 19.7. The van der Waals surface area contributed by atoms with Gasteiger partial charge in [-0.1, -0.05) is 120 Å². The lowest BCUT2D eigenvalue weighted by Crippen LogP contribution is -2.62. The zero-order chi connectivity index (χ0) is 33.8. The summed E-state index contributed by atoms with van der Waals surface area (Å²) in [5, 5.41) is 1.38. The van der Waals surface area contributed by atoms with Crippen molar-refractivity contribution in [3.05, 3.63) is 149 Å². The Kier molecular flexibility index (Phi) is 5.33. The Hall–Kier alpha value is -5.22. The van der Waals surface area contributed by atoms with E-state index in [1.807, 2.05) is 0 Å². The van der Waals surface area contributed by atoms with E-state index in [1.165, 1.54) is 83.4 Å². The molecule has 0 amide bonds. The number of para-hydroxylation sites is 2. The number of aromatic nitrogens is 1. The second-order valence-electron chi connectivity index (χ2n) is 16.6. The summed E-state index contributed by atoms with van der Waals surface area (Å²) < 4.78 is 9.20. The van der Waals surface area contributed by atoms with Crippen LogP contribution in [0.1, 0.15) is 68.4 Å². The van der Waals surface area contributed by atoms with E-state index in [1.54, 1.807) is 0 Å². The number of anilines is 2. The lowest BCUT2D eigenvalue weighted by Gasteiger charge is -2.45. The summed E-state index contributed by atoms with van der Waals surface area (Å²) >= 11 is 0. The molecule has 2 unspecified atom stereocenters. The molecule has 4 heteroatoms. The zero-order valence-electron chi connectivity index (χ0n) is 29.5. The highest BCUT2D eigenvalue weighted by Crippen LogP contribution is 2.55. The van der Waals surface area contributed by atoms with Gasteiger partial charge in [-0.2, -0.15) is 0 Å². The summed E-state index contributed by atoms with van der Waals surface area (Å²) in [5.74, 6) is 2.11. The van der Waals surface area contributed by atoms with Crippen LogP contribution in [0.2, 0.25) is 0 Å². The Morgan fingerprint density at radius 1 is 0.800 bits per heavy atom. The highest BCUT2D eigenvalue weighted by molar-refractivity contribution is 7.00. The highest BCUT2D eigenvalue weighted by Gasteiger charge is 2.49. The van der Waals surface area contributed by atoms with Crippen molar-refractivity contribution in [2.24, 2.45) is 0 Å². The van der Waals surface area contributed by atoms with Crippen LogP contribution in [-0.2, 0) is 10.8 Å². The fourth-order valence-electron chi connectivity index (χ4n) is 10.2. The van der Waals surface area contributed by atoms with E-state index in [9.17, 15) is 0 Å². The molecule has 50 heavy (non-hydrogen) atoms. The van der Waals surface area contributed by atoms with Gasteiger partial charge in [0.2, 0.25) is 0 Å². The molecule has 3 nitrogen and oxygen atoms in total. The van der Waals surface area contributed by atoms with E-state index in [-0.39, 0.29) is 29.5 Å². The minimum atomic E-state index is -0.0993. The first-order valence-electron chi connectivity index (χ1n) is 18.1. The Morgan fingerprint density at radius 3 is 2.46 bits per heavy atom. The first-order valence-corrected chi connectivity index (χ1v) is 18.1. The van der Waals surface area contributed by atoms with Gasteiger partial charge in [0.25, 0.3) is 6.71 Å². The Bertz CT molecular complexity index is 2580. The summed E-state index contributed by atoms with van der Waals surface area (Å²) in [6, 6.07) is 37.1. The van der Waals surface area contributed by atoms with Crippen LogP contribution in [-0.4, -0.2) is 17.3 Å². The van der Waals surface area contributed by atoms with Crippen molar-refractivity contribution in [3.63, 3.8) is 0 Å². The van der Waals surface area contributed by atoms with Gasteiger partial charge in [-0.15, -0.1) is 0 Å². The number of allylic oxidation sites excluding steroid dienone is 2. The maximum absolute atomic E-state index is 6.54. The summed E-state index contributed by atoms with van der Waals surface area (Å²) in [5.41, 5.74) is 18.9. The minimum absolute atomic E-state index is 0.0103. The third-order valence-corrected chi connectivity index (χ3v) is 12.3. The van der Waals surface area contributed by atoms with E-state index >= 15 is 0 Å². The number of benzene rings is 5. The van der Waals surface area contributed by atoms with E-state index in [2.05, 4.69) is 166 Å². The molecular formula is C46H39BN2O. The van der Waals surface area contributed by atoms with E-state index in [0.29, 0.717) is 0 Å². The Balaban J connectivity index is 1.26. The van der Waals surface area contributed by atoms with Gasteiger partial charge >= 0.3 is 0 Å². The standard InChI is InChI=1S/C46H39BN2O/c1-26-23-36-42-37(24-26)49-43-30(41-44(49)28-13-7-9-16-31(28)46(41,5)6)15-11-17-33(43)47(42)32-22-21-27(45(2,3)4)25-35(32)48(36)34-18-12-20-39-40(34)29-14-8-10-19-38(29)50-39/h7-25,34,40H,1-6H3. The van der Waals surface area contributed by atoms with Crippen molar-refractivity contribution in [1.82, 2.24) is 4.57 Å². The highest BCUT2D eigenvalue weighted by atomic mass is 16.5. The zero-order valence-corrected chi connectivity index (χ0v) is 29.5. The van der Waals surface area contributed by atoms with Gasteiger partial charge in [-0.25, -0.2) is 0 Å². The summed E-state index contributed by atoms with van der Waals surface area (Å²) in [6.45, 7) is 14.2. The molecule has 11 rings (SSSR count). The molecule has 0 radical (unpaired) electrons. The third kappa shape index (κ3) is 3.42. The molecule has 0 bridgehead atoms. The van der Waals surface area contributed by atoms with Gasteiger partial charge in [-0.3, -0.25) is 0 Å². The predicted molar refractivity (Wildman–Crippen MR) is 208 cm³/mol. The molecule has 5 aliphatic rings. The Morgan fingerprint density at radius 2 is 1.60 bits per heavy atom. The molecule has 4 heterocycles. The molecule has 2 atom stereocenters. The van der Waals surface area contributed by atoms with Crippen molar-refractivity contribution in [3.8, 4) is 22.7 Å². The van der Waals surface area contributed by atoms with Gasteiger partial charge in [0.1, 0.15) is 11.5 Å². The predicted octanol–water partition coefficient (Wildman–Crippen LogP) is 8.82. The topological polar surface area (TPSA) is 17.4 Å². The molecule has 3 aliphatic heterocycles. The molecule has 6 aromatic rings. The van der Waals surface area contributed by atoms with Crippen LogP contribution in [0.25, 0.3) is 27.8 Å². The van der Waals surface area contributed by atoms with Gasteiger partial charge in [0, 0.05) is 44.5 Å². The van der Waals surface area contributed by atoms with Crippen LogP contribution in [0, 0.1) is 6.92 Å². The van der Waals surface area contributed by atoms with Crippen LogP contribution >= 0.6 is 0 Å². The van der Waals surface area contributed by atoms with Gasteiger partial charge < -0.3 is 14.2 Å². The lowest BCUT2D eigenvalue weighted by molar-refractivity contribution is 0.415. The third-order valence-electron chi connectivity index (χ3n) is 12.3. The SMILES string of the molecule is Cc1cc2c3c(c1)-n1c4c(c5cccc(c51)B3c1ccc(C(C)(C)C)cc1N2C1C=CC=C2Oc3ccccc3C21)C(C)(C)c1ccccc1-4. The molecule has 0 saturated carbocycles. The molecule has 0 spiro atoms. The van der Waals surface area contributed by atoms with Crippen molar-refractivity contribution in [2.75, 3.05) is 4.90 Å². The smallest absolute Gasteiger partial charge is 0.252 e.